The summed E-state index contributed by atoms with van der Waals surface area (Å²) in [5, 5.41) is 9.09. The number of carboxylic acid groups (broad SMARTS) is 1. The van der Waals surface area contributed by atoms with E-state index in [0.717, 1.165) is 57.4 Å². The van der Waals surface area contributed by atoms with Crippen molar-refractivity contribution < 1.29 is 14.7 Å². The van der Waals surface area contributed by atoms with E-state index in [1.165, 1.54) is 0 Å². The van der Waals surface area contributed by atoms with Crippen LogP contribution in [0.4, 0.5) is 0 Å². The minimum absolute atomic E-state index is 0.190. The number of hydrogen-bond donors (Lipinski definition) is 1. The summed E-state index contributed by atoms with van der Waals surface area (Å²) in [6.45, 7) is 3.67. The molecule has 1 aromatic carbocycles. The molecule has 0 aliphatic carbocycles. The van der Waals surface area contributed by atoms with Crippen molar-refractivity contribution in [2.24, 2.45) is 11.8 Å². The second kappa shape index (κ2) is 7.34. The Balaban J connectivity index is 1.54. The molecule has 2 aliphatic rings. The van der Waals surface area contributed by atoms with E-state index in [1.54, 1.807) is 18.2 Å². The molecule has 3 rings (SSSR count). The predicted molar refractivity (Wildman–Crippen MR) is 92.0 cm³/mol. The summed E-state index contributed by atoms with van der Waals surface area (Å²) >= 11 is 0. The van der Waals surface area contributed by atoms with Crippen LogP contribution in [0.3, 0.4) is 0 Å². The van der Waals surface area contributed by atoms with Crippen molar-refractivity contribution >= 4 is 11.9 Å². The largest absolute Gasteiger partial charge is 0.478 e. The van der Waals surface area contributed by atoms with Crippen LogP contribution in [0.25, 0.3) is 0 Å². The van der Waals surface area contributed by atoms with Crippen LogP contribution in [0.1, 0.15) is 35.2 Å². The van der Waals surface area contributed by atoms with Crippen molar-refractivity contribution in [2.75, 3.05) is 33.2 Å². The number of nitrogens with zero attached hydrogens (tertiary/aromatic N) is 2. The lowest BCUT2D eigenvalue weighted by Gasteiger charge is -2.30. The van der Waals surface area contributed by atoms with Gasteiger partial charge < -0.3 is 14.9 Å². The van der Waals surface area contributed by atoms with Crippen molar-refractivity contribution in [1.82, 2.24) is 9.80 Å². The summed E-state index contributed by atoms with van der Waals surface area (Å²) in [6, 6.07) is 7.16. The quantitative estimate of drug-likeness (QED) is 0.918. The number of rotatable bonds is 4. The summed E-state index contributed by atoms with van der Waals surface area (Å²) in [4.78, 5) is 28.1. The second-order valence-corrected chi connectivity index (χ2v) is 7.23. The summed E-state index contributed by atoms with van der Waals surface area (Å²) in [5.74, 6) is 0.0618. The molecule has 1 aromatic rings. The van der Waals surface area contributed by atoms with Crippen LogP contribution in [0.2, 0.25) is 0 Å². The van der Waals surface area contributed by atoms with E-state index in [-0.39, 0.29) is 5.92 Å². The van der Waals surface area contributed by atoms with Crippen LogP contribution in [0.5, 0.6) is 0 Å². The Labute approximate surface area is 143 Å². The van der Waals surface area contributed by atoms with Gasteiger partial charge in [0.15, 0.2) is 0 Å². The Morgan fingerprint density at radius 2 is 1.92 bits per heavy atom. The summed E-state index contributed by atoms with van der Waals surface area (Å²) < 4.78 is 0. The first kappa shape index (κ1) is 17.0. The highest BCUT2D eigenvalue weighted by molar-refractivity contribution is 5.87. The molecule has 24 heavy (non-hydrogen) atoms. The van der Waals surface area contributed by atoms with Crippen molar-refractivity contribution in [1.29, 1.82) is 0 Å². The smallest absolute Gasteiger partial charge is 0.335 e. The Bertz CT molecular complexity index is 608. The molecular weight excluding hydrogens is 304 g/mol. The fourth-order valence-corrected chi connectivity index (χ4v) is 3.88. The molecule has 0 unspecified atom stereocenters. The Morgan fingerprint density at radius 1 is 1.17 bits per heavy atom. The topological polar surface area (TPSA) is 60.9 Å². The minimum atomic E-state index is -0.887. The normalized spacial score (nSPS) is 22.7. The van der Waals surface area contributed by atoms with Crippen molar-refractivity contribution in [3.05, 3.63) is 35.4 Å². The van der Waals surface area contributed by atoms with Crippen molar-refractivity contribution in [3.63, 3.8) is 0 Å². The molecule has 130 valence electrons. The first-order valence-corrected chi connectivity index (χ1v) is 8.82. The fraction of sp³-hybridized carbons (Fsp3) is 0.579. The number of aromatic carboxylic acids is 1. The van der Waals surface area contributed by atoms with Gasteiger partial charge in [-0.25, -0.2) is 4.79 Å². The maximum Gasteiger partial charge on any atom is 0.335 e. The molecule has 0 radical (unpaired) electrons. The molecular formula is C19H26N2O3. The lowest BCUT2D eigenvalue weighted by atomic mass is 9.95. The average Bonchev–Trinajstić information content (AvgIpc) is 3.03. The highest BCUT2D eigenvalue weighted by Crippen LogP contribution is 2.26. The van der Waals surface area contributed by atoms with Crippen molar-refractivity contribution in [3.8, 4) is 0 Å². The van der Waals surface area contributed by atoms with E-state index < -0.39 is 5.97 Å². The lowest BCUT2D eigenvalue weighted by Crippen LogP contribution is -2.40. The number of piperidine rings is 1. The number of carbonyl (C=O) groups is 2. The van der Waals surface area contributed by atoms with Crippen LogP contribution >= 0.6 is 0 Å². The van der Waals surface area contributed by atoms with Gasteiger partial charge in [-0.2, -0.15) is 0 Å². The zero-order chi connectivity index (χ0) is 17.1. The van der Waals surface area contributed by atoms with Crippen LogP contribution in [0, 0.1) is 11.8 Å². The third kappa shape index (κ3) is 3.96. The highest BCUT2D eigenvalue weighted by Gasteiger charge is 2.32. The Hall–Kier alpha value is -1.88. The van der Waals surface area contributed by atoms with Gasteiger partial charge in [0.25, 0.3) is 0 Å². The third-order valence-corrected chi connectivity index (χ3v) is 5.36. The first-order valence-electron chi connectivity index (χ1n) is 8.82. The van der Waals surface area contributed by atoms with Crippen LogP contribution in [0.15, 0.2) is 24.3 Å². The molecule has 0 spiro atoms. The zero-order valence-electron chi connectivity index (χ0n) is 14.3. The molecule has 1 atom stereocenters. The van der Waals surface area contributed by atoms with Gasteiger partial charge in [0.1, 0.15) is 0 Å². The van der Waals surface area contributed by atoms with Gasteiger partial charge in [-0.1, -0.05) is 12.1 Å². The van der Waals surface area contributed by atoms with Gasteiger partial charge >= 0.3 is 5.97 Å². The monoisotopic (exact) mass is 330 g/mol. The zero-order valence-corrected chi connectivity index (χ0v) is 14.3. The number of likely N-dealkylation sites (tertiary alicyclic amines) is 2. The molecule has 0 saturated carbocycles. The maximum atomic E-state index is 12.7. The van der Waals surface area contributed by atoms with Gasteiger partial charge in [0.05, 0.1) is 5.56 Å². The summed E-state index contributed by atoms with van der Waals surface area (Å²) in [7, 11) is 2.11. The van der Waals surface area contributed by atoms with Gasteiger partial charge in [0.2, 0.25) is 5.91 Å². The van der Waals surface area contributed by atoms with Crippen molar-refractivity contribution in [2.45, 2.75) is 25.7 Å². The SMILES string of the molecule is CN1CCC(C(=O)N2CC[C@H](Cc3cccc(C(=O)O)c3)C2)CC1. The van der Waals surface area contributed by atoms with Gasteiger partial charge in [-0.15, -0.1) is 0 Å². The lowest BCUT2D eigenvalue weighted by molar-refractivity contribution is -0.136. The molecule has 5 nitrogen and oxygen atoms in total. The molecule has 5 heteroatoms. The number of benzene rings is 1. The Morgan fingerprint density at radius 3 is 2.62 bits per heavy atom. The highest BCUT2D eigenvalue weighted by atomic mass is 16.4. The molecule has 1 N–H and O–H groups in total. The molecule has 2 heterocycles. The van der Waals surface area contributed by atoms with Crippen LogP contribution < -0.4 is 0 Å². The summed E-state index contributed by atoms with van der Waals surface area (Å²) in [6.07, 6.45) is 3.79. The molecule has 2 saturated heterocycles. The summed E-state index contributed by atoms with van der Waals surface area (Å²) in [5.41, 5.74) is 1.39. The van der Waals surface area contributed by atoms with E-state index in [0.29, 0.717) is 17.4 Å². The first-order chi connectivity index (χ1) is 11.5. The van der Waals surface area contributed by atoms with E-state index in [1.807, 2.05) is 11.0 Å². The van der Waals surface area contributed by atoms with Gasteiger partial charge in [-0.05, 0) is 69.4 Å². The predicted octanol–water partition coefficient (Wildman–Crippen LogP) is 2.12. The van der Waals surface area contributed by atoms with E-state index in [9.17, 15) is 9.59 Å². The van der Waals surface area contributed by atoms with E-state index >= 15 is 0 Å². The van der Waals surface area contributed by atoms with Crippen LogP contribution in [-0.2, 0) is 11.2 Å². The second-order valence-electron chi connectivity index (χ2n) is 7.23. The molecule has 0 aromatic heterocycles. The Kier molecular flexibility index (Phi) is 5.19. The average molecular weight is 330 g/mol. The molecule has 2 aliphatic heterocycles. The third-order valence-electron chi connectivity index (χ3n) is 5.36. The number of amides is 1. The van der Waals surface area contributed by atoms with E-state index in [2.05, 4.69) is 11.9 Å². The van der Waals surface area contributed by atoms with Gasteiger partial charge in [0, 0.05) is 19.0 Å². The number of carbonyl (C=O) groups excluding carboxylic acids is 1. The number of carboxylic acids is 1. The van der Waals surface area contributed by atoms with E-state index in [4.69, 9.17) is 5.11 Å². The standard InChI is InChI=1S/C19H26N2O3/c1-20-8-6-16(7-9-20)18(22)21-10-5-15(13-21)11-14-3-2-4-17(12-14)19(23)24/h2-4,12,15-16H,5-11,13H2,1H3,(H,23,24)/t15-/m1/s1. The van der Waals surface area contributed by atoms with Gasteiger partial charge in [-0.3, -0.25) is 4.79 Å². The number of hydrogen-bond acceptors (Lipinski definition) is 3. The molecule has 2 fully saturated rings. The minimum Gasteiger partial charge on any atom is -0.478 e. The molecule has 0 bridgehead atoms. The van der Waals surface area contributed by atoms with Crippen LogP contribution in [-0.4, -0.2) is 60.0 Å². The maximum absolute atomic E-state index is 12.7. The fourth-order valence-electron chi connectivity index (χ4n) is 3.88. The molecule has 1 amide bonds.